The van der Waals surface area contributed by atoms with Crippen LogP contribution < -0.4 is 0 Å². The molecule has 0 aliphatic carbocycles. The van der Waals surface area contributed by atoms with Crippen LogP contribution in [0.1, 0.15) is 24.2 Å². The molecule has 0 saturated carbocycles. The largest absolute Gasteiger partial charge is 0.375 e. The molecule has 0 N–H and O–H groups in total. The van der Waals surface area contributed by atoms with Gasteiger partial charge in [0, 0.05) is 23.4 Å². The van der Waals surface area contributed by atoms with Crippen molar-refractivity contribution in [3.8, 4) is 0 Å². The highest BCUT2D eigenvalue weighted by Crippen LogP contribution is 2.17. The van der Waals surface area contributed by atoms with Gasteiger partial charge < -0.3 is 9.64 Å². The number of halogens is 1. The summed E-state index contributed by atoms with van der Waals surface area (Å²) in [6.07, 6.45) is 3.36. The first kappa shape index (κ1) is 12.5. The molecular formula is C12H15BrN2O2. The van der Waals surface area contributed by atoms with Crippen LogP contribution in [0.4, 0.5) is 0 Å². The Balaban J connectivity index is 2.18. The standard InChI is InChI=1S/C12H15BrN2O2/c1-8-7-17-9(2)6-15(8)12(16)10-3-11(13)5-14-4-10/h3-5,8-9H,6-7H2,1-2H3/t8-,9-/m0/s1. The summed E-state index contributed by atoms with van der Waals surface area (Å²) in [4.78, 5) is 18.2. The fourth-order valence-electron chi connectivity index (χ4n) is 1.88. The number of aromatic nitrogens is 1. The molecule has 1 aromatic heterocycles. The van der Waals surface area contributed by atoms with Crippen LogP contribution in [0.15, 0.2) is 22.9 Å². The maximum absolute atomic E-state index is 12.3. The van der Waals surface area contributed by atoms with Crippen molar-refractivity contribution < 1.29 is 9.53 Å². The fourth-order valence-corrected chi connectivity index (χ4v) is 2.25. The smallest absolute Gasteiger partial charge is 0.255 e. The number of carbonyl (C=O) groups is 1. The molecule has 0 radical (unpaired) electrons. The number of amides is 1. The van der Waals surface area contributed by atoms with E-state index in [9.17, 15) is 4.79 Å². The van der Waals surface area contributed by atoms with Gasteiger partial charge >= 0.3 is 0 Å². The lowest BCUT2D eigenvalue weighted by Gasteiger charge is -2.36. The summed E-state index contributed by atoms with van der Waals surface area (Å²) in [6.45, 7) is 5.20. The first-order valence-electron chi connectivity index (χ1n) is 5.61. The van der Waals surface area contributed by atoms with E-state index in [2.05, 4.69) is 20.9 Å². The fraction of sp³-hybridized carbons (Fsp3) is 0.500. The summed E-state index contributed by atoms with van der Waals surface area (Å²) in [6, 6.07) is 1.90. The summed E-state index contributed by atoms with van der Waals surface area (Å²) in [5.41, 5.74) is 0.611. The van der Waals surface area contributed by atoms with Gasteiger partial charge in [-0.05, 0) is 35.8 Å². The van der Waals surface area contributed by atoms with E-state index < -0.39 is 0 Å². The molecule has 1 aliphatic heterocycles. The lowest BCUT2D eigenvalue weighted by atomic mass is 10.1. The van der Waals surface area contributed by atoms with Gasteiger partial charge in [-0.15, -0.1) is 0 Å². The van der Waals surface area contributed by atoms with E-state index in [0.717, 1.165) is 4.47 Å². The number of ether oxygens (including phenoxy) is 1. The highest BCUT2D eigenvalue weighted by molar-refractivity contribution is 9.10. The number of morpholine rings is 1. The van der Waals surface area contributed by atoms with Crippen molar-refractivity contribution >= 4 is 21.8 Å². The summed E-state index contributed by atoms with van der Waals surface area (Å²) in [5.74, 6) is 0.0152. The van der Waals surface area contributed by atoms with Gasteiger partial charge in [-0.3, -0.25) is 9.78 Å². The van der Waals surface area contributed by atoms with Crippen molar-refractivity contribution in [2.24, 2.45) is 0 Å². The van der Waals surface area contributed by atoms with Crippen molar-refractivity contribution in [1.82, 2.24) is 9.88 Å². The zero-order chi connectivity index (χ0) is 12.4. The average molecular weight is 299 g/mol. The Labute approximate surface area is 109 Å². The van der Waals surface area contributed by atoms with Crippen molar-refractivity contribution in [3.63, 3.8) is 0 Å². The molecule has 2 rings (SSSR count). The molecule has 2 heterocycles. The number of hydrogen-bond acceptors (Lipinski definition) is 3. The lowest BCUT2D eigenvalue weighted by molar-refractivity contribution is -0.0387. The van der Waals surface area contributed by atoms with Gasteiger partial charge in [0.25, 0.3) is 5.91 Å². The molecule has 0 unspecified atom stereocenters. The Hall–Kier alpha value is -0.940. The number of hydrogen-bond donors (Lipinski definition) is 0. The third kappa shape index (κ3) is 2.84. The van der Waals surface area contributed by atoms with E-state index in [1.807, 2.05) is 18.7 Å². The van der Waals surface area contributed by atoms with E-state index in [4.69, 9.17) is 4.74 Å². The van der Waals surface area contributed by atoms with Crippen LogP contribution in [0, 0.1) is 0 Å². The van der Waals surface area contributed by atoms with E-state index in [-0.39, 0.29) is 18.1 Å². The summed E-state index contributed by atoms with van der Waals surface area (Å²) >= 11 is 3.32. The molecule has 1 fully saturated rings. The Morgan fingerprint density at radius 1 is 1.53 bits per heavy atom. The maximum atomic E-state index is 12.3. The second-order valence-corrected chi connectivity index (χ2v) is 5.26. The summed E-state index contributed by atoms with van der Waals surface area (Å²) < 4.78 is 6.33. The van der Waals surface area contributed by atoms with Crippen molar-refractivity contribution in [2.45, 2.75) is 26.0 Å². The molecule has 17 heavy (non-hydrogen) atoms. The predicted molar refractivity (Wildman–Crippen MR) is 67.8 cm³/mol. The first-order valence-corrected chi connectivity index (χ1v) is 6.40. The number of carbonyl (C=O) groups excluding carboxylic acids is 1. The Morgan fingerprint density at radius 2 is 2.29 bits per heavy atom. The Kier molecular flexibility index (Phi) is 3.79. The zero-order valence-electron chi connectivity index (χ0n) is 9.89. The van der Waals surface area contributed by atoms with Gasteiger partial charge in [0.15, 0.2) is 0 Å². The van der Waals surface area contributed by atoms with Crippen LogP contribution in [-0.4, -0.2) is 41.1 Å². The number of rotatable bonds is 1. The zero-order valence-corrected chi connectivity index (χ0v) is 11.5. The normalized spacial score (nSPS) is 24.8. The molecule has 0 spiro atoms. The first-order chi connectivity index (χ1) is 8.08. The van der Waals surface area contributed by atoms with E-state index >= 15 is 0 Å². The van der Waals surface area contributed by atoms with Gasteiger partial charge in [-0.25, -0.2) is 0 Å². The molecular weight excluding hydrogens is 284 g/mol. The number of pyridine rings is 1. The van der Waals surface area contributed by atoms with Gasteiger partial charge in [0.2, 0.25) is 0 Å². The van der Waals surface area contributed by atoms with E-state index in [1.54, 1.807) is 18.5 Å². The second-order valence-electron chi connectivity index (χ2n) is 4.34. The highest BCUT2D eigenvalue weighted by atomic mass is 79.9. The van der Waals surface area contributed by atoms with Crippen LogP contribution in [0.25, 0.3) is 0 Å². The SMILES string of the molecule is C[C@H]1CN(C(=O)c2cncc(Br)c2)[C@@H](C)CO1. The quantitative estimate of drug-likeness (QED) is 0.797. The minimum atomic E-state index is 0.0152. The monoisotopic (exact) mass is 298 g/mol. The Morgan fingerprint density at radius 3 is 3.00 bits per heavy atom. The van der Waals surface area contributed by atoms with Crippen LogP contribution in [-0.2, 0) is 4.74 Å². The topological polar surface area (TPSA) is 42.4 Å². The van der Waals surface area contributed by atoms with Crippen molar-refractivity contribution in [1.29, 1.82) is 0 Å². The second kappa shape index (κ2) is 5.14. The van der Waals surface area contributed by atoms with Gasteiger partial charge in [0.05, 0.1) is 24.3 Å². The van der Waals surface area contributed by atoms with Crippen LogP contribution >= 0.6 is 15.9 Å². The molecule has 5 heteroatoms. The molecule has 0 bridgehead atoms. The van der Waals surface area contributed by atoms with Gasteiger partial charge in [0.1, 0.15) is 0 Å². The molecule has 92 valence electrons. The molecule has 0 aromatic carbocycles. The van der Waals surface area contributed by atoms with E-state index in [0.29, 0.717) is 18.7 Å². The molecule has 2 atom stereocenters. The molecule has 1 aromatic rings. The average Bonchev–Trinajstić information content (AvgIpc) is 2.31. The van der Waals surface area contributed by atoms with Crippen LogP contribution in [0.2, 0.25) is 0 Å². The van der Waals surface area contributed by atoms with Gasteiger partial charge in [-0.2, -0.15) is 0 Å². The lowest BCUT2D eigenvalue weighted by Crippen LogP contribution is -2.50. The highest BCUT2D eigenvalue weighted by Gasteiger charge is 2.28. The van der Waals surface area contributed by atoms with Gasteiger partial charge in [-0.1, -0.05) is 0 Å². The summed E-state index contributed by atoms with van der Waals surface area (Å²) in [5, 5.41) is 0. The van der Waals surface area contributed by atoms with Crippen molar-refractivity contribution in [2.75, 3.05) is 13.2 Å². The minimum absolute atomic E-state index is 0.0152. The van der Waals surface area contributed by atoms with Crippen LogP contribution in [0.5, 0.6) is 0 Å². The third-order valence-corrected chi connectivity index (χ3v) is 3.25. The molecule has 1 saturated heterocycles. The van der Waals surface area contributed by atoms with Crippen LogP contribution in [0.3, 0.4) is 0 Å². The Bertz CT molecular complexity index is 425. The predicted octanol–water partition coefficient (Wildman–Crippen LogP) is 2.09. The summed E-state index contributed by atoms with van der Waals surface area (Å²) in [7, 11) is 0. The molecule has 1 amide bonds. The van der Waals surface area contributed by atoms with Crippen molar-refractivity contribution in [3.05, 3.63) is 28.5 Å². The molecule has 1 aliphatic rings. The number of nitrogens with zero attached hydrogens (tertiary/aromatic N) is 2. The minimum Gasteiger partial charge on any atom is -0.375 e. The molecule has 4 nitrogen and oxygen atoms in total. The third-order valence-electron chi connectivity index (χ3n) is 2.82. The van der Waals surface area contributed by atoms with E-state index in [1.165, 1.54) is 0 Å². The maximum Gasteiger partial charge on any atom is 0.255 e.